The first kappa shape index (κ1) is 24.7. The Balaban J connectivity index is 5.22. The summed E-state index contributed by atoms with van der Waals surface area (Å²) in [5, 5.41) is 3.75. The maximum atomic E-state index is 6.00. The average molecular weight is 358 g/mol. The summed E-state index contributed by atoms with van der Waals surface area (Å²) in [6.07, 6.45) is 26.6. The van der Waals surface area contributed by atoms with Crippen LogP contribution < -0.4 is 5.32 Å². The Hall–Kier alpha value is -1.26. The molecule has 3 unspecified atom stereocenters. The van der Waals surface area contributed by atoms with Crippen molar-refractivity contribution in [2.24, 2.45) is 11.8 Å². The molecule has 0 spiro atoms. The average Bonchev–Trinajstić information content (AvgIpc) is 2.64. The van der Waals surface area contributed by atoms with Gasteiger partial charge in [0.2, 0.25) is 0 Å². The van der Waals surface area contributed by atoms with Crippen molar-refractivity contribution in [3.05, 3.63) is 36.0 Å². The van der Waals surface area contributed by atoms with E-state index in [9.17, 15) is 0 Å². The molecule has 26 heavy (non-hydrogen) atoms. The first-order valence-corrected chi connectivity index (χ1v) is 10.8. The summed E-state index contributed by atoms with van der Waals surface area (Å²) >= 11 is 0. The van der Waals surface area contributed by atoms with Gasteiger partial charge in [-0.3, -0.25) is 0 Å². The second-order valence-corrected chi connectivity index (χ2v) is 7.34. The highest BCUT2D eigenvalue weighted by Crippen LogP contribution is 2.25. The summed E-state index contributed by atoms with van der Waals surface area (Å²) in [6.45, 7) is 12.1. The molecular formula is C25H43N. The summed E-state index contributed by atoms with van der Waals surface area (Å²) in [5.74, 6) is 3.93. The molecule has 0 amide bonds. The molecule has 1 N–H and O–H groups in total. The van der Waals surface area contributed by atoms with E-state index >= 15 is 0 Å². The van der Waals surface area contributed by atoms with Crippen molar-refractivity contribution < 1.29 is 0 Å². The molecule has 0 aromatic rings. The fraction of sp³-hybridized carbons (Fsp3) is 0.680. The zero-order valence-corrected chi connectivity index (χ0v) is 18.1. The molecule has 0 aliphatic carbocycles. The van der Waals surface area contributed by atoms with Crippen LogP contribution in [0.4, 0.5) is 0 Å². The van der Waals surface area contributed by atoms with Crippen molar-refractivity contribution >= 4 is 0 Å². The normalized spacial score (nSPS) is 16.1. The Labute approximate surface area is 164 Å². The van der Waals surface area contributed by atoms with Crippen LogP contribution >= 0.6 is 0 Å². The second-order valence-electron chi connectivity index (χ2n) is 7.34. The van der Waals surface area contributed by atoms with Crippen molar-refractivity contribution in [1.29, 1.82) is 0 Å². The number of hydrogen-bond donors (Lipinski definition) is 1. The molecule has 1 nitrogen and oxygen atoms in total. The molecule has 0 rings (SSSR count). The van der Waals surface area contributed by atoms with Gasteiger partial charge in [-0.2, -0.15) is 0 Å². The fourth-order valence-corrected chi connectivity index (χ4v) is 3.24. The van der Waals surface area contributed by atoms with Gasteiger partial charge in [0.05, 0.1) is 0 Å². The van der Waals surface area contributed by atoms with Gasteiger partial charge < -0.3 is 5.32 Å². The third-order valence-electron chi connectivity index (χ3n) is 4.86. The van der Waals surface area contributed by atoms with E-state index in [-0.39, 0.29) is 5.92 Å². The Kier molecular flexibility index (Phi) is 16.3. The van der Waals surface area contributed by atoms with Crippen molar-refractivity contribution in [2.75, 3.05) is 6.54 Å². The van der Waals surface area contributed by atoms with Crippen LogP contribution in [-0.2, 0) is 0 Å². The molecule has 0 saturated heterocycles. The van der Waals surface area contributed by atoms with E-state index in [4.69, 9.17) is 6.42 Å². The molecule has 0 aromatic carbocycles. The first-order chi connectivity index (χ1) is 12.6. The third-order valence-corrected chi connectivity index (χ3v) is 4.86. The van der Waals surface area contributed by atoms with Gasteiger partial charge >= 0.3 is 0 Å². The predicted octanol–water partition coefficient (Wildman–Crippen LogP) is 7.07. The lowest BCUT2D eigenvalue weighted by Crippen LogP contribution is -2.39. The van der Waals surface area contributed by atoms with Crippen molar-refractivity contribution in [3.8, 4) is 12.3 Å². The molecule has 0 heterocycles. The number of rotatable bonds is 15. The Bertz CT molecular complexity index is 449. The Morgan fingerprint density at radius 3 is 2.35 bits per heavy atom. The second kappa shape index (κ2) is 17.2. The summed E-state index contributed by atoms with van der Waals surface area (Å²) in [5.41, 5.74) is 1.44. The van der Waals surface area contributed by atoms with Gasteiger partial charge in [-0.25, -0.2) is 0 Å². The van der Waals surface area contributed by atoms with Gasteiger partial charge in [0, 0.05) is 12.0 Å². The van der Waals surface area contributed by atoms with E-state index in [2.05, 4.69) is 76.2 Å². The van der Waals surface area contributed by atoms with Crippen molar-refractivity contribution in [3.63, 3.8) is 0 Å². The maximum absolute atomic E-state index is 6.00. The first-order valence-electron chi connectivity index (χ1n) is 10.8. The van der Waals surface area contributed by atoms with Crippen molar-refractivity contribution in [2.45, 2.75) is 92.0 Å². The summed E-state index contributed by atoms with van der Waals surface area (Å²) in [4.78, 5) is 0. The highest BCUT2D eigenvalue weighted by Gasteiger charge is 2.24. The van der Waals surface area contributed by atoms with Gasteiger partial charge in [-0.1, -0.05) is 76.5 Å². The van der Waals surface area contributed by atoms with Crippen molar-refractivity contribution in [1.82, 2.24) is 5.32 Å². The predicted molar refractivity (Wildman–Crippen MR) is 119 cm³/mol. The summed E-state index contributed by atoms with van der Waals surface area (Å²) in [7, 11) is 0. The number of allylic oxidation sites excluding steroid dienone is 5. The zero-order chi connectivity index (χ0) is 19.6. The summed E-state index contributed by atoms with van der Waals surface area (Å²) in [6, 6.07) is 0.356. The van der Waals surface area contributed by atoms with Gasteiger partial charge in [0.25, 0.3) is 0 Å². The largest absolute Gasteiger partial charge is 0.312 e. The zero-order valence-electron chi connectivity index (χ0n) is 18.1. The minimum absolute atomic E-state index is 0.274. The number of unbranched alkanes of at least 4 members (excludes halogenated alkanes) is 2. The number of terminal acetylenes is 1. The van der Waals surface area contributed by atoms with Gasteiger partial charge in [0.1, 0.15) is 0 Å². The van der Waals surface area contributed by atoms with Crippen LogP contribution in [0.3, 0.4) is 0 Å². The molecule has 3 atom stereocenters. The van der Waals surface area contributed by atoms with Gasteiger partial charge in [-0.15, -0.1) is 12.3 Å². The Morgan fingerprint density at radius 1 is 1.04 bits per heavy atom. The minimum Gasteiger partial charge on any atom is -0.312 e. The molecule has 0 bridgehead atoms. The lowest BCUT2D eigenvalue weighted by Gasteiger charge is -2.29. The van der Waals surface area contributed by atoms with Gasteiger partial charge in [0.15, 0.2) is 0 Å². The van der Waals surface area contributed by atoms with Crippen LogP contribution in [0.5, 0.6) is 0 Å². The van der Waals surface area contributed by atoms with Crippen LogP contribution in [-0.4, -0.2) is 12.6 Å². The standard InChI is InChI=1S/C25H43N/c1-7-12-15-17-22(6)24(11-5)25(26-20-10-4)21-23(18-14-9-3)19-16-13-8-2/h5,7,12,16,18-19,22,24-26H,8-10,13-15,17,20-21H2,1-4,6H3. The van der Waals surface area contributed by atoms with E-state index in [0.717, 1.165) is 45.1 Å². The molecule has 0 saturated carbocycles. The lowest BCUT2D eigenvalue weighted by atomic mass is 9.82. The number of nitrogens with one attached hydrogen (secondary N) is 1. The molecule has 0 radical (unpaired) electrons. The monoisotopic (exact) mass is 357 g/mol. The minimum atomic E-state index is 0.274. The molecular weight excluding hydrogens is 314 g/mol. The van der Waals surface area contributed by atoms with E-state index in [1.807, 2.05) is 0 Å². The van der Waals surface area contributed by atoms with E-state index in [1.165, 1.54) is 18.4 Å². The van der Waals surface area contributed by atoms with Crippen LogP contribution in [0.15, 0.2) is 36.0 Å². The molecule has 0 fully saturated rings. The van der Waals surface area contributed by atoms with Crippen LogP contribution in [0.25, 0.3) is 0 Å². The summed E-state index contributed by atoms with van der Waals surface area (Å²) < 4.78 is 0. The van der Waals surface area contributed by atoms with E-state index in [0.29, 0.717) is 12.0 Å². The molecule has 1 heteroatoms. The third kappa shape index (κ3) is 11.4. The van der Waals surface area contributed by atoms with Crippen LogP contribution in [0.2, 0.25) is 0 Å². The highest BCUT2D eigenvalue weighted by molar-refractivity contribution is 5.21. The molecule has 148 valence electrons. The smallest absolute Gasteiger partial charge is 0.0382 e. The Morgan fingerprint density at radius 2 is 1.77 bits per heavy atom. The van der Waals surface area contributed by atoms with Gasteiger partial charge in [-0.05, 0) is 57.9 Å². The fourth-order valence-electron chi connectivity index (χ4n) is 3.24. The van der Waals surface area contributed by atoms with Crippen LogP contribution in [0.1, 0.15) is 86.0 Å². The topological polar surface area (TPSA) is 12.0 Å². The van der Waals surface area contributed by atoms with E-state index in [1.54, 1.807) is 0 Å². The lowest BCUT2D eigenvalue weighted by molar-refractivity contribution is 0.312. The molecule has 0 aromatic heterocycles. The molecule has 0 aliphatic heterocycles. The van der Waals surface area contributed by atoms with Crippen LogP contribution in [0, 0.1) is 24.2 Å². The SMILES string of the molecule is C#CC(C(C)CCC=CC)C(CC(C=CCCC)=CCCC)NCCC. The number of hydrogen-bond acceptors (Lipinski definition) is 1. The quantitative estimate of drug-likeness (QED) is 0.188. The maximum Gasteiger partial charge on any atom is 0.0382 e. The molecule has 0 aliphatic rings. The van der Waals surface area contributed by atoms with E-state index < -0.39 is 0 Å². The highest BCUT2D eigenvalue weighted by atomic mass is 14.9.